The van der Waals surface area contributed by atoms with Crippen LogP contribution < -0.4 is 9.04 Å². The molecule has 0 saturated carbocycles. The number of rotatable bonds is 5. The lowest BCUT2D eigenvalue weighted by Crippen LogP contribution is -2.26. The van der Waals surface area contributed by atoms with Crippen molar-refractivity contribution in [1.29, 1.82) is 0 Å². The van der Waals surface area contributed by atoms with Crippen LogP contribution in [-0.4, -0.2) is 32.7 Å². The van der Waals surface area contributed by atoms with Crippen molar-refractivity contribution in [2.45, 2.75) is 11.8 Å². The maximum Gasteiger partial charge on any atom is 0.265 e. The molecule has 24 heavy (non-hydrogen) atoms. The zero-order valence-electron chi connectivity index (χ0n) is 13.5. The summed E-state index contributed by atoms with van der Waals surface area (Å²) in [5.41, 5.74) is 1.43. The highest BCUT2D eigenvalue weighted by Crippen LogP contribution is 2.32. The molecule has 3 aromatic rings. The summed E-state index contributed by atoms with van der Waals surface area (Å²) in [5, 5.41) is 3.75. The Labute approximate surface area is 139 Å². The largest absolute Gasteiger partial charge is 0.496 e. The minimum atomic E-state index is -3.78. The fourth-order valence-electron chi connectivity index (χ4n) is 2.34. The van der Waals surface area contributed by atoms with Crippen LogP contribution in [0.25, 0.3) is 11.3 Å². The van der Waals surface area contributed by atoms with E-state index in [4.69, 9.17) is 9.26 Å². The molecular weight excluding hydrogens is 330 g/mol. The van der Waals surface area contributed by atoms with Crippen LogP contribution in [0.1, 0.15) is 5.76 Å². The van der Waals surface area contributed by atoms with Crippen LogP contribution in [0.3, 0.4) is 0 Å². The molecule has 0 radical (unpaired) electrons. The van der Waals surface area contributed by atoms with Gasteiger partial charge in [-0.15, -0.1) is 0 Å². The van der Waals surface area contributed by atoms with E-state index in [9.17, 15) is 8.42 Å². The summed E-state index contributed by atoms with van der Waals surface area (Å²) in [6, 6.07) is 9.95. The SMILES string of the molecule is COc1ccc(S(=O)(=O)N(C)c2cc(C)on2)cc1-c1ccc[nH]1. The van der Waals surface area contributed by atoms with Gasteiger partial charge in [0.05, 0.1) is 12.0 Å². The first-order valence-electron chi connectivity index (χ1n) is 7.17. The van der Waals surface area contributed by atoms with Gasteiger partial charge in [0, 0.05) is 30.6 Å². The molecule has 0 aliphatic rings. The number of nitrogens with one attached hydrogen (secondary N) is 1. The molecule has 1 aromatic carbocycles. The van der Waals surface area contributed by atoms with Crippen LogP contribution in [0, 0.1) is 6.92 Å². The van der Waals surface area contributed by atoms with E-state index in [1.807, 2.05) is 12.1 Å². The van der Waals surface area contributed by atoms with Gasteiger partial charge in [-0.1, -0.05) is 5.16 Å². The highest BCUT2D eigenvalue weighted by atomic mass is 32.2. The summed E-state index contributed by atoms with van der Waals surface area (Å²) in [7, 11) is -0.798. The summed E-state index contributed by atoms with van der Waals surface area (Å²) in [5.74, 6) is 1.34. The Hall–Kier alpha value is -2.74. The monoisotopic (exact) mass is 347 g/mol. The Morgan fingerprint density at radius 2 is 2.04 bits per heavy atom. The van der Waals surface area contributed by atoms with Crippen LogP contribution in [0.4, 0.5) is 5.82 Å². The predicted octanol–water partition coefficient (Wildman–Crippen LogP) is 2.81. The van der Waals surface area contributed by atoms with Crippen molar-refractivity contribution in [3.8, 4) is 17.0 Å². The third-order valence-electron chi connectivity index (χ3n) is 3.66. The van der Waals surface area contributed by atoms with Gasteiger partial charge in [0.15, 0.2) is 5.82 Å². The second-order valence-electron chi connectivity index (χ2n) is 5.21. The summed E-state index contributed by atoms with van der Waals surface area (Å²) in [4.78, 5) is 3.19. The standard InChI is InChI=1S/C16H17N3O4S/c1-11-9-16(18-23-11)19(2)24(20,21)12-6-7-15(22-3)13(10-12)14-5-4-8-17-14/h4-10,17H,1-3H3. The van der Waals surface area contributed by atoms with Gasteiger partial charge < -0.3 is 14.2 Å². The molecule has 0 saturated heterocycles. The normalized spacial score (nSPS) is 11.5. The first kappa shape index (κ1) is 16.1. The quantitative estimate of drug-likeness (QED) is 0.767. The molecule has 1 N–H and O–H groups in total. The Morgan fingerprint density at radius 3 is 2.62 bits per heavy atom. The molecule has 2 aromatic heterocycles. The third kappa shape index (κ3) is 2.76. The highest BCUT2D eigenvalue weighted by molar-refractivity contribution is 7.92. The molecule has 3 rings (SSSR count). The average molecular weight is 347 g/mol. The van der Waals surface area contributed by atoms with Crippen LogP contribution in [0.2, 0.25) is 0 Å². The first-order chi connectivity index (χ1) is 11.4. The minimum absolute atomic E-state index is 0.135. The van der Waals surface area contributed by atoms with Gasteiger partial charge >= 0.3 is 0 Å². The van der Waals surface area contributed by atoms with Gasteiger partial charge in [-0.05, 0) is 37.3 Å². The van der Waals surface area contributed by atoms with E-state index in [0.717, 1.165) is 10.00 Å². The van der Waals surface area contributed by atoms with E-state index >= 15 is 0 Å². The lowest BCUT2D eigenvalue weighted by atomic mass is 10.1. The summed E-state index contributed by atoms with van der Waals surface area (Å²) in [6.07, 6.45) is 1.76. The Kier molecular flexibility index (Phi) is 4.06. The molecule has 0 aliphatic heterocycles. The van der Waals surface area contributed by atoms with Gasteiger partial charge in [0.2, 0.25) is 0 Å². The number of aromatic amines is 1. The van der Waals surface area contributed by atoms with Crippen LogP contribution in [-0.2, 0) is 10.0 Å². The number of methoxy groups -OCH3 is 1. The Morgan fingerprint density at radius 1 is 1.25 bits per heavy atom. The Bertz CT molecular complexity index is 946. The molecule has 2 heterocycles. The molecule has 0 aliphatic carbocycles. The van der Waals surface area contributed by atoms with Crippen molar-refractivity contribution in [2.75, 3.05) is 18.5 Å². The molecule has 0 atom stereocenters. The molecule has 0 amide bonds. The molecule has 126 valence electrons. The smallest absolute Gasteiger partial charge is 0.265 e. The fourth-order valence-corrected chi connectivity index (χ4v) is 3.49. The van der Waals surface area contributed by atoms with Gasteiger partial charge in [-0.2, -0.15) is 0 Å². The van der Waals surface area contributed by atoms with E-state index < -0.39 is 10.0 Å². The zero-order chi connectivity index (χ0) is 17.3. The molecule has 0 bridgehead atoms. The molecule has 0 spiro atoms. The zero-order valence-corrected chi connectivity index (χ0v) is 14.3. The highest BCUT2D eigenvalue weighted by Gasteiger charge is 2.25. The average Bonchev–Trinajstić information content (AvgIpc) is 3.25. The third-order valence-corrected chi connectivity index (χ3v) is 5.41. The molecule has 7 nitrogen and oxygen atoms in total. The fraction of sp³-hybridized carbons (Fsp3) is 0.188. The summed E-state index contributed by atoms with van der Waals surface area (Å²) in [6.45, 7) is 1.70. The number of H-pyrrole nitrogens is 1. The van der Waals surface area contributed by atoms with Gasteiger partial charge in [-0.3, -0.25) is 4.31 Å². The second-order valence-corrected chi connectivity index (χ2v) is 7.18. The molecule has 8 heteroatoms. The lowest BCUT2D eigenvalue weighted by Gasteiger charge is -2.17. The van der Waals surface area contributed by atoms with Crippen molar-refractivity contribution in [2.24, 2.45) is 0 Å². The van der Waals surface area contributed by atoms with Gasteiger partial charge in [0.25, 0.3) is 10.0 Å². The number of aryl methyl sites for hydroxylation is 1. The van der Waals surface area contributed by atoms with Crippen LogP contribution in [0.15, 0.2) is 52.0 Å². The van der Waals surface area contributed by atoms with Crippen LogP contribution in [0.5, 0.6) is 5.75 Å². The number of nitrogens with zero attached hydrogens (tertiary/aromatic N) is 2. The lowest BCUT2D eigenvalue weighted by molar-refractivity contribution is 0.399. The maximum absolute atomic E-state index is 12.9. The van der Waals surface area contributed by atoms with Crippen molar-refractivity contribution in [3.05, 3.63) is 48.4 Å². The van der Waals surface area contributed by atoms with E-state index in [-0.39, 0.29) is 10.7 Å². The maximum atomic E-state index is 12.9. The van der Waals surface area contributed by atoms with E-state index in [0.29, 0.717) is 17.1 Å². The number of anilines is 1. The summed E-state index contributed by atoms with van der Waals surface area (Å²) >= 11 is 0. The van der Waals surface area contributed by atoms with E-state index in [2.05, 4.69) is 10.1 Å². The minimum Gasteiger partial charge on any atom is -0.496 e. The van der Waals surface area contributed by atoms with Gasteiger partial charge in [-0.25, -0.2) is 8.42 Å². The number of aromatic nitrogens is 2. The number of hydrogen-bond acceptors (Lipinski definition) is 5. The predicted molar refractivity (Wildman–Crippen MR) is 89.6 cm³/mol. The van der Waals surface area contributed by atoms with Crippen molar-refractivity contribution >= 4 is 15.8 Å². The molecule has 0 unspecified atom stereocenters. The molecule has 0 fully saturated rings. The number of hydrogen-bond donors (Lipinski definition) is 1. The summed E-state index contributed by atoms with van der Waals surface area (Å²) < 4.78 is 37.1. The van der Waals surface area contributed by atoms with Crippen LogP contribution >= 0.6 is 0 Å². The number of sulfonamides is 1. The van der Waals surface area contributed by atoms with E-state index in [1.165, 1.54) is 13.1 Å². The van der Waals surface area contributed by atoms with Gasteiger partial charge in [0.1, 0.15) is 11.5 Å². The van der Waals surface area contributed by atoms with E-state index in [1.54, 1.807) is 38.4 Å². The van der Waals surface area contributed by atoms with Crippen molar-refractivity contribution < 1.29 is 17.7 Å². The topological polar surface area (TPSA) is 88.4 Å². The first-order valence-corrected chi connectivity index (χ1v) is 8.61. The second kappa shape index (κ2) is 6.04. The number of benzene rings is 1. The molecular formula is C16H17N3O4S. The van der Waals surface area contributed by atoms with Crippen molar-refractivity contribution in [3.63, 3.8) is 0 Å². The Balaban J connectivity index is 2.07. The number of ether oxygens (including phenoxy) is 1. The van der Waals surface area contributed by atoms with Crippen molar-refractivity contribution in [1.82, 2.24) is 10.1 Å².